The molecule has 0 radical (unpaired) electrons. The fraction of sp³-hybridized carbons (Fsp3) is 0.375. The van der Waals surface area contributed by atoms with Crippen molar-refractivity contribution in [2.45, 2.75) is 32.9 Å². The number of nitrogens with zero attached hydrogens (tertiary/aromatic N) is 2. The zero-order valence-corrected chi connectivity index (χ0v) is 14.5. The van der Waals surface area contributed by atoms with E-state index in [9.17, 15) is 18.0 Å². The van der Waals surface area contributed by atoms with E-state index in [-0.39, 0.29) is 5.92 Å². The Balaban J connectivity index is 2.30. The monoisotopic (exact) mass is 357 g/mol. The fourth-order valence-corrected chi connectivity index (χ4v) is 3.29. The van der Waals surface area contributed by atoms with Gasteiger partial charge in [-0.05, 0) is 25.3 Å². The summed E-state index contributed by atoms with van der Waals surface area (Å²) in [5.74, 6) is -0.763. The van der Waals surface area contributed by atoms with Gasteiger partial charge in [-0.3, -0.25) is 9.48 Å². The van der Waals surface area contributed by atoms with E-state index < -0.39 is 23.3 Å². The topological polar surface area (TPSA) is 46.9 Å². The molecule has 0 aliphatic rings. The Morgan fingerprint density at radius 1 is 1.42 bits per heavy atom. The third-order valence-electron chi connectivity index (χ3n) is 3.28. The number of amides is 1. The lowest BCUT2D eigenvalue weighted by Crippen LogP contribution is -2.18. The quantitative estimate of drug-likeness (QED) is 0.797. The predicted molar refractivity (Wildman–Crippen MR) is 88.3 cm³/mol. The van der Waals surface area contributed by atoms with Gasteiger partial charge in [0.15, 0.2) is 5.69 Å². The average molecular weight is 357 g/mol. The molecule has 2 heterocycles. The van der Waals surface area contributed by atoms with Crippen LogP contribution in [0.25, 0.3) is 0 Å². The summed E-state index contributed by atoms with van der Waals surface area (Å²) in [4.78, 5) is 13.2. The summed E-state index contributed by atoms with van der Waals surface area (Å²) in [5, 5.41) is 7.73. The van der Waals surface area contributed by atoms with Crippen LogP contribution in [0.2, 0.25) is 0 Å². The molecule has 8 heteroatoms. The molecule has 0 aliphatic heterocycles. The Kier molecular flexibility index (Phi) is 5.17. The van der Waals surface area contributed by atoms with Crippen LogP contribution in [-0.4, -0.2) is 15.7 Å². The number of thiophene rings is 1. The van der Waals surface area contributed by atoms with Crippen LogP contribution in [0.3, 0.4) is 0 Å². The molecule has 0 aliphatic carbocycles. The largest absolute Gasteiger partial charge is 0.435 e. The summed E-state index contributed by atoms with van der Waals surface area (Å²) in [7, 11) is 1.35. The molecule has 4 nitrogen and oxygen atoms in total. The maximum absolute atomic E-state index is 13.0. The molecule has 1 amide bonds. The van der Waals surface area contributed by atoms with Crippen LogP contribution < -0.4 is 5.32 Å². The van der Waals surface area contributed by atoms with Crippen LogP contribution >= 0.6 is 11.3 Å². The van der Waals surface area contributed by atoms with E-state index in [4.69, 9.17) is 0 Å². The summed E-state index contributed by atoms with van der Waals surface area (Å²) in [5.41, 5.74) is -0.0274. The average Bonchev–Trinajstić information content (AvgIpc) is 3.03. The molecule has 130 valence electrons. The van der Waals surface area contributed by atoms with Gasteiger partial charge < -0.3 is 5.32 Å². The normalized spacial score (nSPS) is 12.8. The van der Waals surface area contributed by atoms with Gasteiger partial charge in [-0.25, -0.2) is 0 Å². The number of allylic oxidation sites excluding steroid dienone is 2. The Hall–Kier alpha value is -2.09. The summed E-state index contributed by atoms with van der Waals surface area (Å²) in [6.07, 6.45) is -1.57. The van der Waals surface area contributed by atoms with Gasteiger partial charge in [-0.1, -0.05) is 18.6 Å². The lowest BCUT2D eigenvalue weighted by molar-refractivity contribution is -0.141. The molecular formula is C16H18F3N3OS. The number of halogens is 3. The minimum Gasteiger partial charge on any atom is -0.321 e. The highest BCUT2D eigenvalue weighted by molar-refractivity contribution is 7.10. The molecule has 0 spiro atoms. The van der Waals surface area contributed by atoms with E-state index in [0.717, 1.165) is 21.3 Å². The summed E-state index contributed by atoms with van der Waals surface area (Å²) in [6.45, 7) is 5.90. The van der Waals surface area contributed by atoms with Gasteiger partial charge in [-0.15, -0.1) is 11.3 Å². The molecule has 2 rings (SSSR count). The van der Waals surface area contributed by atoms with Crippen LogP contribution in [0.15, 0.2) is 29.3 Å². The Labute approximate surface area is 142 Å². The Morgan fingerprint density at radius 2 is 2.08 bits per heavy atom. The molecule has 1 N–H and O–H groups in total. The van der Waals surface area contributed by atoms with Gasteiger partial charge in [0.05, 0.1) is 11.3 Å². The number of alkyl halides is 3. The summed E-state index contributed by atoms with van der Waals surface area (Å²) >= 11 is 1.45. The molecule has 2 aromatic heterocycles. The number of anilines is 1. The smallest absolute Gasteiger partial charge is 0.321 e. The van der Waals surface area contributed by atoms with Crippen molar-refractivity contribution in [3.8, 4) is 0 Å². The highest BCUT2D eigenvalue weighted by Gasteiger charge is 2.39. The van der Waals surface area contributed by atoms with Gasteiger partial charge in [-0.2, -0.15) is 18.3 Å². The zero-order valence-electron chi connectivity index (χ0n) is 13.7. The minimum atomic E-state index is -4.68. The lowest BCUT2D eigenvalue weighted by Gasteiger charge is -2.11. The van der Waals surface area contributed by atoms with Crippen molar-refractivity contribution in [2.75, 3.05) is 5.32 Å². The number of nitrogens with one attached hydrogen (secondary N) is 1. The van der Waals surface area contributed by atoms with E-state index in [1.54, 1.807) is 11.4 Å². The van der Waals surface area contributed by atoms with Crippen molar-refractivity contribution in [3.05, 3.63) is 45.4 Å². The van der Waals surface area contributed by atoms with Gasteiger partial charge in [0, 0.05) is 24.0 Å². The summed E-state index contributed by atoms with van der Waals surface area (Å²) in [6, 6.07) is 1.69. The van der Waals surface area contributed by atoms with Crippen molar-refractivity contribution in [1.82, 2.24) is 9.78 Å². The molecule has 24 heavy (non-hydrogen) atoms. The third kappa shape index (κ3) is 4.05. The van der Waals surface area contributed by atoms with E-state index in [1.165, 1.54) is 18.4 Å². The number of aryl methyl sites for hydroxylation is 1. The molecule has 0 aromatic carbocycles. The number of hydrogen-bond donors (Lipinski definition) is 1. The molecule has 1 atom stereocenters. The molecule has 0 fully saturated rings. The summed E-state index contributed by atoms with van der Waals surface area (Å²) < 4.78 is 40.0. The molecule has 0 bridgehead atoms. The van der Waals surface area contributed by atoms with E-state index >= 15 is 0 Å². The van der Waals surface area contributed by atoms with Crippen molar-refractivity contribution in [1.29, 1.82) is 0 Å². The third-order valence-corrected chi connectivity index (χ3v) is 4.40. The standard InChI is InChI=1S/C16H18F3N3OS/c1-9(2)7-10(3)13-12(5-6-24-13)20-15(23)11-8-22(4)21-14(11)16(17,18)19/h5-8,10H,1-4H3,(H,20,23). The molecule has 0 saturated carbocycles. The second-order valence-electron chi connectivity index (χ2n) is 5.75. The van der Waals surface area contributed by atoms with Gasteiger partial charge in [0.2, 0.25) is 0 Å². The Bertz CT molecular complexity index is 770. The van der Waals surface area contributed by atoms with Crippen LogP contribution in [0.4, 0.5) is 18.9 Å². The number of carbonyl (C=O) groups is 1. The zero-order chi connectivity index (χ0) is 18.1. The van der Waals surface area contributed by atoms with Crippen molar-refractivity contribution < 1.29 is 18.0 Å². The molecule has 0 saturated heterocycles. The first kappa shape index (κ1) is 18.3. The van der Waals surface area contributed by atoms with E-state index in [2.05, 4.69) is 10.4 Å². The highest BCUT2D eigenvalue weighted by Crippen LogP contribution is 2.34. The maximum Gasteiger partial charge on any atom is 0.435 e. The van der Waals surface area contributed by atoms with Gasteiger partial charge >= 0.3 is 6.18 Å². The molecule has 2 aromatic rings. The number of hydrogen-bond acceptors (Lipinski definition) is 3. The van der Waals surface area contributed by atoms with Gasteiger partial charge in [0.1, 0.15) is 0 Å². The highest BCUT2D eigenvalue weighted by atomic mass is 32.1. The minimum absolute atomic E-state index is 0.0567. The predicted octanol–water partition coefficient (Wildman–Crippen LogP) is 4.82. The Morgan fingerprint density at radius 3 is 2.67 bits per heavy atom. The lowest BCUT2D eigenvalue weighted by atomic mass is 10.1. The SMILES string of the molecule is CC(C)=CC(C)c1sccc1NC(=O)c1cn(C)nc1C(F)(F)F. The van der Waals surface area contributed by atoms with Crippen LogP contribution in [0, 0.1) is 0 Å². The van der Waals surface area contributed by atoms with Crippen molar-refractivity contribution in [2.24, 2.45) is 7.05 Å². The van der Waals surface area contributed by atoms with Crippen LogP contribution in [-0.2, 0) is 13.2 Å². The number of rotatable bonds is 4. The first-order valence-electron chi connectivity index (χ1n) is 7.24. The second kappa shape index (κ2) is 6.80. The van der Waals surface area contributed by atoms with Crippen molar-refractivity contribution in [3.63, 3.8) is 0 Å². The number of carbonyl (C=O) groups excluding carboxylic acids is 1. The molecular weight excluding hydrogens is 339 g/mol. The van der Waals surface area contributed by atoms with E-state index in [1.807, 2.05) is 26.8 Å². The van der Waals surface area contributed by atoms with E-state index in [0.29, 0.717) is 5.69 Å². The van der Waals surface area contributed by atoms with Crippen LogP contribution in [0.1, 0.15) is 47.6 Å². The number of aromatic nitrogens is 2. The molecule has 1 unspecified atom stereocenters. The second-order valence-corrected chi connectivity index (χ2v) is 6.70. The maximum atomic E-state index is 13.0. The first-order valence-corrected chi connectivity index (χ1v) is 8.12. The van der Waals surface area contributed by atoms with Crippen molar-refractivity contribution >= 4 is 22.9 Å². The van der Waals surface area contributed by atoms with Crippen LogP contribution in [0.5, 0.6) is 0 Å². The first-order chi connectivity index (χ1) is 11.1. The van der Waals surface area contributed by atoms with Gasteiger partial charge in [0.25, 0.3) is 5.91 Å². The fourth-order valence-electron chi connectivity index (χ4n) is 2.41.